The third-order valence-electron chi connectivity index (χ3n) is 2.81. The van der Waals surface area contributed by atoms with Crippen molar-refractivity contribution in [2.45, 2.75) is 6.92 Å². The Balaban J connectivity index is 1.92. The largest absolute Gasteiger partial charge is 0.468 e. The summed E-state index contributed by atoms with van der Waals surface area (Å²) in [7, 11) is 1.57. The van der Waals surface area contributed by atoms with Crippen LogP contribution < -0.4 is 10.1 Å². The number of aromatic nitrogens is 1. The first-order valence-electron chi connectivity index (χ1n) is 6.81. The van der Waals surface area contributed by atoms with E-state index in [1.165, 1.54) is 6.08 Å². The van der Waals surface area contributed by atoms with Crippen LogP contribution in [0.5, 0.6) is 5.75 Å². The Morgan fingerprint density at radius 2 is 2.05 bits per heavy atom. The van der Waals surface area contributed by atoms with E-state index in [2.05, 4.69) is 10.3 Å². The molecule has 0 aliphatic carbocycles. The Bertz CT molecular complexity index is 651. The average molecular weight is 298 g/mol. The van der Waals surface area contributed by atoms with E-state index in [1.54, 1.807) is 25.4 Å². The Kier molecular flexibility index (Phi) is 5.68. The third-order valence-corrected chi connectivity index (χ3v) is 2.81. The molecule has 2 aromatic rings. The van der Waals surface area contributed by atoms with Gasteiger partial charge in [0.1, 0.15) is 5.75 Å². The number of hydrogen-bond donors (Lipinski definition) is 1. The van der Waals surface area contributed by atoms with Crippen LogP contribution in [0.4, 0.5) is 5.69 Å². The fourth-order valence-corrected chi connectivity index (χ4v) is 1.78. The zero-order chi connectivity index (χ0) is 15.8. The van der Waals surface area contributed by atoms with Crippen molar-refractivity contribution in [3.8, 4) is 5.75 Å². The van der Waals surface area contributed by atoms with Crippen molar-refractivity contribution in [1.29, 1.82) is 0 Å². The molecule has 1 aromatic heterocycles. The zero-order valence-corrected chi connectivity index (χ0v) is 12.6. The lowest BCUT2D eigenvalue weighted by Crippen LogP contribution is -2.07. The molecule has 22 heavy (non-hydrogen) atoms. The molecule has 0 unspecified atom stereocenters. The van der Waals surface area contributed by atoms with Crippen molar-refractivity contribution in [3.63, 3.8) is 0 Å². The van der Waals surface area contributed by atoms with Crippen LogP contribution in [-0.4, -0.2) is 24.8 Å². The van der Waals surface area contributed by atoms with Gasteiger partial charge in [0.05, 0.1) is 0 Å². The molecular formula is C17H18N2O3. The normalized spacial score (nSPS) is 10.6. The number of ether oxygens (including phenoxy) is 2. The summed E-state index contributed by atoms with van der Waals surface area (Å²) in [5.41, 5.74) is 2.49. The molecule has 114 valence electrons. The fraction of sp³-hybridized carbons (Fsp3) is 0.176. The first-order valence-corrected chi connectivity index (χ1v) is 6.81. The number of rotatable bonds is 6. The van der Waals surface area contributed by atoms with Gasteiger partial charge < -0.3 is 14.8 Å². The second kappa shape index (κ2) is 7.95. The van der Waals surface area contributed by atoms with Crippen molar-refractivity contribution >= 4 is 17.7 Å². The summed E-state index contributed by atoms with van der Waals surface area (Å²) in [4.78, 5) is 15.9. The number of anilines is 1. The maximum atomic E-state index is 11.8. The third kappa shape index (κ3) is 5.03. The van der Waals surface area contributed by atoms with Crippen LogP contribution in [-0.2, 0) is 9.53 Å². The highest BCUT2D eigenvalue weighted by Crippen LogP contribution is 2.13. The Labute approximate surface area is 129 Å². The molecule has 0 aliphatic heterocycles. The quantitative estimate of drug-likeness (QED) is 0.658. The highest BCUT2D eigenvalue weighted by Gasteiger charge is 1.99. The number of hydrogen-bond acceptors (Lipinski definition) is 4. The van der Waals surface area contributed by atoms with Crippen molar-refractivity contribution in [3.05, 3.63) is 59.9 Å². The number of carbonyl (C=O) groups is 1. The second-order valence-electron chi connectivity index (χ2n) is 4.63. The number of methoxy groups -OCH3 is 1. The van der Waals surface area contributed by atoms with E-state index < -0.39 is 0 Å². The highest BCUT2D eigenvalue weighted by molar-refractivity contribution is 6.01. The number of carbonyl (C=O) groups excluding carboxylic acids is 1. The Morgan fingerprint density at radius 1 is 1.27 bits per heavy atom. The second-order valence-corrected chi connectivity index (χ2v) is 4.63. The molecule has 0 fully saturated rings. The van der Waals surface area contributed by atoms with Gasteiger partial charge in [-0.3, -0.25) is 9.78 Å². The molecule has 1 N–H and O–H groups in total. The van der Waals surface area contributed by atoms with E-state index >= 15 is 0 Å². The molecule has 2 rings (SSSR count). The molecule has 0 bridgehead atoms. The van der Waals surface area contributed by atoms with Crippen LogP contribution in [0, 0.1) is 6.92 Å². The van der Waals surface area contributed by atoms with E-state index in [0.717, 1.165) is 22.7 Å². The summed E-state index contributed by atoms with van der Waals surface area (Å²) in [5, 5.41) is 2.79. The number of nitrogens with one attached hydrogen (secondary N) is 1. The zero-order valence-electron chi connectivity index (χ0n) is 12.6. The monoisotopic (exact) mass is 298 g/mol. The summed E-state index contributed by atoms with van der Waals surface area (Å²) in [5.74, 6) is 0.529. The van der Waals surface area contributed by atoms with Crippen LogP contribution in [0.3, 0.4) is 0 Å². The molecule has 0 saturated carbocycles. The molecular weight excluding hydrogens is 280 g/mol. The van der Waals surface area contributed by atoms with Gasteiger partial charge in [-0.05, 0) is 42.8 Å². The molecule has 0 spiro atoms. The van der Waals surface area contributed by atoms with E-state index in [-0.39, 0.29) is 12.7 Å². The first kappa shape index (κ1) is 15.7. The first-order chi connectivity index (χ1) is 10.7. The van der Waals surface area contributed by atoms with E-state index in [9.17, 15) is 4.79 Å². The Morgan fingerprint density at radius 3 is 2.73 bits per heavy atom. The molecule has 1 amide bonds. The standard InChI is InChI=1S/C17H18N2O3/c1-13-11-15(9-10-18-13)19-17(20)8-5-14-3-6-16(7-4-14)22-12-21-2/h3-11H,12H2,1-2H3,(H,18,19,20)/b8-5+. The van der Waals surface area contributed by atoms with Gasteiger partial charge in [0.15, 0.2) is 6.79 Å². The average Bonchev–Trinajstić information content (AvgIpc) is 2.52. The van der Waals surface area contributed by atoms with E-state index in [1.807, 2.05) is 37.3 Å². The lowest BCUT2D eigenvalue weighted by atomic mass is 10.2. The predicted molar refractivity (Wildman–Crippen MR) is 85.6 cm³/mol. The molecule has 1 aromatic carbocycles. The minimum atomic E-state index is -0.190. The van der Waals surface area contributed by atoms with Crippen LogP contribution >= 0.6 is 0 Å². The van der Waals surface area contributed by atoms with Gasteiger partial charge in [0, 0.05) is 30.8 Å². The number of aryl methyl sites for hydroxylation is 1. The van der Waals surface area contributed by atoms with Gasteiger partial charge in [-0.15, -0.1) is 0 Å². The van der Waals surface area contributed by atoms with E-state index in [4.69, 9.17) is 9.47 Å². The summed E-state index contributed by atoms with van der Waals surface area (Å²) >= 11 is 0. The molecule has 5 nitrogen and oxygen atoms in total. The smallest absolute Gasteiger partial charge is 0.248 e. The van der Waals surface area contributed by atoms with E-state index in [0.29, 0.717) is 0 Å². The van der Waals surface area contributed by atoms with Gasteiger partial charge in [-0.1, -0.05) is 12.1 Å². The molecule has 1 heterocycles. The molecule has 0 aliphatic rings. The minimum absolute atomic E-state index is 0.190. The van der Waals surface area contributed by atoms with Crippen LogP contribution in [0.2, 0.25) is 0 Å². The predicted octanol–water partition coefficient (Wildman–Crippen LogP) is 3.02. The molecule has 0 radical (unpaired) electrons. The topological polar surface area (TPSA) is 60.5 Å². The lowest BCUT2D eigenvalue weighted by molar-refractivity contribution is -0.111. The van der Waals surface area contributed by atoms with Crippen molar-refractivity contribution in [2.24, 2.45) is 0 Å². The summed E-state index contributed by atoms with van der Waals surface area (Å²) in [6, 6.07) is 10.9. The van der Waals surface area contributed by atoms with Crippen LogP contribution in [0.15, 0.2) is 48.7 Å². The van der Waals surface area contributed by atoms with Crippen LogP contribution in [0.1, 0.15) is 11.3 Å². The molecule has 5 heteroatoms. The molecule has 0 saturated heterocycles. The van der Waals surface area contributed by atoms with Gasteiger partial charge in [-0.25, -0.2) is 0 Å². The lowest BCUT2D eigenvalue weighted by Gasteiger charge is -2.04. The number of benzene rings is 1. The van der Waals surface area contributed by atoms with Crippen molar-refractivity contribution < 1.29 is 14.3 Å². The van der Waals surface area contributed by atoms with Crippen molar-refractivity contribution in [1.82, 2.24) is 4.98 Å². The van der Waals surface area contributed by atoms with Crippen LogP contribution in [0.25, 0.3) is 6.08 Å². The maximum Gasteiger partial charge on any atom is 0.248 e. The summed E-state index contributed by atoms with van der Waals surface area (Å²) < 4.78 is 10.1. The number of nitrogens with zero attached hydrogens (tertiary/aromatic N) is 1. The Hall–Kier alpha value is -2.66. The van der Waals surface area contributed by atoms with Crippen molar-refractivity contribution in [2.75, 3.05) is 19.2 Å². The number of amides is 1. The SMILES string of the molecule is COCOc1ccc(/C=C/C(=O)Nc2ccnc(C)c2)cc1. The van der Waals surface area contributed by atoms with Gasteiger partial charge >= 0.3 is 0 Å². The maximum absolute atomic E-state index is 11.8. The van der Waals surface area contributed by atoms with Gasteiger partial charge in [0.2, 0.25) is 5.91 Å². The van der Waals surface area contributed by atoms with Gasteiger partial charge in [-0.2, -0.15) is 0 Å². The fourth-order valence-electron chi connectivity index (χ4n) is 1.78. The van der Waals surface area contributed by atoms with Gasteiger partial charge in [0.25, 0.3) is 0 Å². The summed E-state index contributed by atoms with van der Waals surface area (Å²) in [6.07, 6.45) is 4.89. The minimum Gasteiger partial charge on any atom is -0.468 e. The number of pyridine rings is 1. The summed E-state index contributed by atoms with van der Waals surface area (Å²) in [6.45, 7) is 2.08. The molecule has 0 atom stereocenters. The highest BCUT2D eigenvalue weighted by atomic mass is 16.7.